The van der Waals surface area contributed by atoms with Crippen LogP contribution in [0.5, 0.6) is 0 Å². The second kappa shape index (κ2) is 7.01. The van der Waals surface area contributed by atoms with Gasteiger partial charge in [-0.3, -0.25) is 4.79 Å². The number of rotatable bonds is 6. The molecule has 3 rings (SSSR count). The van der Waals surface area contributed by atoms with Crippen LogP contribution in [0.2, 0.25) is 0 Å². The number of thioether (sulfide) groups is 1. The van der Waals surface area contributed by atoms with Gasteiger partial charge in [0.15, 0.2) is 0 Å². The van der Waals surface area contributed by atoms with Crippen LogP contribution in [0.4, 0.5) is 0 Å². The van der Waals surface area contributed by atoms with Gasteiger partial charge in [0.2, 0.25) is 5.91 Å². The minimum atomic E-state index is -0.0739. The number of nitrogens with zero attached hydrogens (tertiary/aromatic N) is 2. The van der Waals surface area contributed by atoms with Crippen LogP contribution in [0.1, 0.15) is 23.6 Å². The predicted octanol–water partition coefficient (Wildman–Crippen LogP) is 3.67. The monoisotopic (exact) mass is 349 g/mol. The molecular weight excluding hydrogens is 334 g/mol. The summed E-state index contributed by atoms with van der Waals surface area (Å²) in [4.78, 5) is 13.1. The van der Waals surface area contributed by atoms with Crippen LogP contribution in [0.15, 0.2) is 43.9 Å². The molecule has 0 saturated carbocycles. The molecule has 0 aliphatic carbocycles. The summed E-state index contributed by atoms with van der Waals surface area (Å²) in [7, 11) is 0. The van der Waals surface area contributed by atoms with Gasteiger partial charge in [-0.1, -0.05) is 17.8 Å². The molecule has 3 heterocycles. The highest BCUT2D eigenvalue weighted by molar-refractivity contribution is 7.99. The minimum absolute atomic E-state index is 0.00470. The quantitative estimate of drug-likeness (QED) is 0.684. The molecular formula is C15H15N3O3S2. The lowest BCUT2D eigenvalue weighted by Crippen LogP contribution is -2.27. The molecule has 3 aromatic rings. The smallest absolute Gasteiger partial charge is 0.277 e. The number of aromatic nitrogens is 2. The van der Waals surface area contributed by atoms with Crippen molar-refractivity contribution in [3.05, 3.63) is 40.5 Å². The zero-order valence-electron chi connectivity index (χ0n) is 12.6. The lowest BCUT2D eigenvalue weighted by Gasteiger charge is -2.11. The molecule has 1 atom stereocenters. The van der Waals surface area contributed by atoms with E-state index in [2.05, 4.69) is 15.5 Å². The number of carbonyl (C=O) groups excluding carboxylic acids is 1. The van der Waals surface area contributed by atoms with Gasteiger partial charge in [0, 0.05) is 4.88 Å². The van der Waals surface area contributed by atoms with Crippen LogP contribution < -0.4 is 5.32 Å². The van der Waals surface area contributed by atoms with Crippen molar-refractivity contribution in [3.63, 3.8) is 0 Å². The maximum absolute atomic E-state index is 12.0. The van der Waals surface area contributed by atoms with Crippen molar-refractivity contribution >= 4 is 29.0 Å². The summed E-state index contributed by atoms with van der Waals surface area (Å²) in [5, 5.41) is 13.2. The van der Waals surface area contributed by atoms with Gasteiger partial charge in [-0.15, -0.1) is 21.5 Å². The Morgan fingerprint density at radius 3 is 3.00 bits per heavy atom. The van der Waals surface area contributed by atoms with E-state index in [1.54, 1.807) is 23.7 Å². The van der Waals surface area contributed by atoms with Gasteiger partial charge in [0.25, 0.3) is 11.1 Å². The standard InChI is InChI=1S/C15H15N3O3S2/c1-9(12-4-3-7-22-12)16-13(19)8-23-15-18-17-14(21-15)11-5-6-20-10(11)2/h3-7,9H,8H2,1-2H3,(H,16,19)/t9-/m1/s1. The van der Waals surface area contributed by atoms with Gasteiger partial charge in [-0.2, -0.15) is 0 Å². The molecule has 0 unspecified atom stereocenters. The second-order valence-electron chi connectivity index (χ2n) is 4.86. The highest BCUT2D eigenvalue weighted by Gasteiger charge is 2.15. The fraction of sp³-hybridized carbons (Fsp3) is 0.267. The number of carbonyl (C=O) groups is 1. The van der Waals surface area contributed by atoms with Crippen LogP contribution >= 0.6 is 23.1 Å². The zero-order chi connectivity index (χ0) is 16.2. The molecule has 0 aromatic carbocycles. The Morgan fingerprint density at radius 2 is 2.30 bits per heavy atom. The molecule has 0 saturated heterocycles. The number of hydrogen-bond acceptors (Lipinski definition) is 7. The molecule has 23 heavy (non-hydrogen) atoms. The van der Waals surface area contributed by atoms with Crippen LogP contribution in [-0.2, 0) is 4.79 Å². The molecule has 0 radical (unpaired) electrons. The first-order valence-corrected chi connectivity index (χ1v) is 8.83. The van der Waals surface area contributed by atoms with Crippen molar-refractivity contribution in [2.24, 2.45) is 0 Å². The third kappa shape index (κ3) is 3.83. The number of hydrogen-bond donors (Lipinski definition) is 1. The maximum atomic E-state index is 12.0. The summed E-state index contributed by atoms with van der Waals surface area (Å²) in [5.74, 6) is 1.26. The van der Waals surface area contributed by atoms with E-state index >= 15 is 0 Å². The Bertz CT molecular complexity index is 780. The average Bonchev–Trinajstić information content (AvgIpc) is 3.26. The topological polar surface area (TPSA) is 81.2 Å². The molecule has 1 N–H and O–H groups in total. The summed E-state index contributed by atoms with van der Waals surface area (Å²) < 4.78 is 10.7. The van der Waals surface area contributed by atoms with Crippen molar-refractivity contribution in [3.8, 4) is 11.5 Å². The summed E-state index contributed by atoms with van der Waals surface area (Å²) in [6.45, 7) is 3.78. The Morgan fingerprint density at radius 1 is 1.43 bits per heavy atom. The van der Waals surface area contributed by atoms with Crippen molar-refractivity contribution in [2.75, 3.05) is 5.75 Å². The van der Waals surface area contributed by atoms with Crippen molar-refractivity contribution in [1.82, 2.24) is 15.5 Å². The Hall–Kier alpha value is -2.06. The Balaban J connectivity index is 1.53. The number of nitrogens with one attached hydrogen (secondary N) is 1. The van der Waals surface area contributed by atoms with E-state index in [-0.39, 0.29) is 17.7 Å². The molecule has 6 nitrogen and oxygen atoms in total. The van der Waals surface area contributed by atoms with Gasteiger partial charge in [0.05, 0.1) is 23.6 Å². The first kappa shape index (κ1) is 15.8. The lowest BCUT2D eigenvalue weighted by atomic mass is 10.3. The summed E-state index contributed by atoms with van der Waals surface area (Å²) in [5.41, 5.74) is 0.764. The molecule has 8 heteroatoms. The second-order valence-corrected chi connectivity index (χ2v) is 6.76. The van der Waals surface area contributed by atoms with Crippen LogP contribution in [-0.4, -0.2) is 21.9 Å². The minimum Gasteiger partial charge on any atom is -0.469 e. The molecule has 0 aliphatic rings. The SMILES string of the molecule is Cc1occc1-c1nnc(SCC(=O)N[C@H](C)c2cccs2)o1. The van der Waals surface area contributed by atoms with Gasteiger partial charge >= 0.3 is 0 Å². The van der Waals surface area contributed by atoms with Crippen molar-refractivity contribution in [2.45, 2.75) is 25.1 Å². The zero-order valence-corrected chi connectivity index (χ0v) is 14.2. The maximum Gasteiger partial charge on any atom is 0.277 e. The van der Waals surface area contributed by atoms with Gasteiger partial charge < -0.3 is 14.2 Å². The molecule has 0 fully saturated rings. The molecule has 0 spiro atoms. The fourth-order valence-corrected chi connectivity index (χ4v) is 3.31. The first-order valence-electron chi connectivity index (χ1n) is 6.97. The molecule has 3 aromatic heterocycles. The van der Waals surface area contributed by atoms with Crippen LogP contribution in [0.3, 0.4) is 0 Å². The highest BCUT2D eigenvalue weighted by atomic mass is 32.2. The van der Waals surface area contributed by atoms with Crippen LogP contribution in [0.25, 0.3) is 11.5 Å². The molecule has 0 aliphatic heterocycles. The van der Waals surface area contributed by atoms with Gasteiger partial charge in [0.1, 0.15) is 5.76 Å². The predicted molar refractivity (Wildman–Crippen MR) is 88.3 cm³/mol. The van der Waals surface area contributed by atoms with Gasteiger partial charge in [-0.05, 0) is 31.4 Å². The van der Waals surface area contributed by atoms with E-state index in [4.69, 9.17) is 8.83 Å². The van der Waals surface area contributed by atoms with E-state index in [0.29, 0.717) is 16.9 Å². The van der Waals surface area contributed by atoms with Crippen LogP contribution in [0, 0.1) is 6.92 Å². The third-order valence-electron chi connectivity index (χ3n) is 3.17. The number of thiophene rings is 1. The number of amides is 1. The van der Waals surface area contributed by atoms with Gasteiger partial charge in [-0.25, -0.2) is 0 Å². The first-order chi connectivity index (χ1) is 11.1. The largest absolute Gasteiger partial charge is 0.469 e. The Kier molecular flexibility index (Phi) is 4.82. The van der Waals surface area contributed by atoms with Crippen molar-refractivity contribution < 1.29 is 13.6 Å². The van der Waals surface area contributed by atoms with E-state index < -0.39 is 0 Å². The summed E-state index contributed by atoms with van der Waals surface area (Å²) in [6, 6.07) is 5.73. The van der Waals surface area contributed by atoms with E-state index in [9.17, 15) is 4.79 Å². The van der Waals surface area contributed by atoms with Crippen molar-refractivity contribution in [1.29, 1.82) is 0 Å². The number of furan rings is 1. The highest BCUT2D eigenvalue weighted by Crippen LogP contribution is 2.26. The van der Waals surface area contributed by atoms with E-state index in [1.165, 1.54) is 11.8 Å². The number of aryl methyl sites for hydroxylation is 1. The van der Waals surface area contributed by atoms with E-state index in [0.717, 1.165) is 10.4 Å². The molecule has 1 amide bonds. The fourth-order valence-electron chi connectivity index (χ4n) is 2.00. The molecule has 0 bridgehead atoms. The molecule has 120 valence electrons. The average molecular weight is 349 g/mol. The summed E-state index contributed by atoms with van der Waals surface area (Å²) >= 11 is 2.83. The third-order valence-corrected chi connectivity index (χ3v) is 5.04. The normalized spacial score (nSPS) is 12.3. The summed E-state index contributed by atoms with van der Waals surface area (Å²) in [6.07, 6.45) is 1.57. The van der Waals surface area contributed by atoms with E-state index in [1.807, 2.05) is 31.4 Å². The lowest BCUT2D eigenvalue weighted by molar-refractivity contribution is -0.119. The Labute approximate surface area is 141 Å².